The van der Waals surface area contributed by atoms with Crippen LogP contribution >= 0.6 is 0 Å². The number of nitrogens with zero attached hydrogens (tertiary/aromatic N) is 2. The summed E-state index contributed by atoms with van der Waals surface area (Å²) in [5.41, 5.74) is 1.65. The van der Waals surface area contributed by atoms with Crippen LogP contribution < -0.4 is 0 Å². The monoisotopic (exact) mass is 300 g/mol. The summed E-state index contributed by atoms with van der Waals surface area (Å²) in [6.07, 6.45) is 3.35. The van der Waals surface area contributed by atoms with Crippen LogP contribution in [0.4, 0.5) is 0 Å². The number of hydrogen-bond acceptors (Lipinski definition) is 4. The smallest absolute Gasteiger partial charge is 0.257 e. The average molecular weight is 300 g/mol. The molecule has 3 heterocycles. The van der Waals surface area contributed by atoms with Gasteiger partial charge in [0.2, 0.25) is 0 Å². The van der Waals surface area contributed by atoms with Crippen molar-refractivity contribution in [2.75, 3.05) is 26.8 Å². The van der Waals surface area contributed by atoms with E-state index < -0.39 is 0 Å². The van der Waals surface area contributed by atoms with Crippen molar-refractivity contribution in [3.05, 3.63) is 53.7 Å². The van der Waals surface area contributed by atoms with E-state index in [0.29, 0.717) is 31.0 Å². The fourth-order valence-electron chi connectivity index (χ4n) is 3.13. The summed E-state index contributed by atoms with van der Waals surface area (Å²) in [5.74, 6) is 1.15. The van der Waals surface area contributed by atoms with Crippen molar-refractivity contribution in [3.8, 4) is 0 Å². The molecule has 2 aromatic rings. The summed E-state index contributed by atoms with van der Waals surface area (Å²) >= 11 is 0. The maximum Gasteiger partial charge on any atom is 0.257 e. The van der Waals surface area contributed by atoms with E-state index in [2.05, 4.69) is 4.98 Å². The number of methoxy groups -OCH3 is 1. The van der Waals surface area contributed by atoms with Crippen LogP contribution in [0.25, 0.3) is 0 Å². The average Bonchev–Trinajstić information content (AvgIpc) is 3.14. The molecule has 1 aliphatic rings. The number of amides is 1. The molecule has 1 fully saturated rings. The third-order valence-corrected chi connectivity index (χ3v) is 4.27. The lowest BCUT2D eigenvalue weighted by Gasteiger charge is -2.16. The third-order valence-electron chi connectivity index (χ3n) is 4.27. The summed E-state index contributed by atoms with van der Waals surface area (Å²) in [5, 5.41) is 0. The standard InChI is InChI=1S/C17H20N2O3/c1-12-14(6-8-22-12)17(20)19-9-13(11-21-2)15(10-19)16-5-3-4-7-18-16/h3-8,13,15H,9-11H2,1-2H3/t13-,15+/m0/s1. The molecule has 0 spiro atoms. The van der Waals surface area contributed by atoms with E-state index in [1.54, 1.807) is 25.6 Å². The maximum atomic E-state index is 12.7. The molecule has 1 aliphatic heterocycles. The minimum atomic E-state index is 0.0192. The Morgan fingerprint density at radius 2 is 2.27 bits per heavy atom. The normalized spacial score (nSPS) is 21.3. The number of ether oxygens (including phenoxy) is 1. The summed E-state index contributed by atoms with van der Waals surface area (Å²) in [4.78, 5) is 19.0. The summed E-state index contributed by atoms with van der Waals surface area (Å²) < 4.78 is 10.6. The predicted molar refractivity (Wildman–Crippen MR) is 81.7 cm³/mol. The topological polar surface area (TPSA) is 55.6 Å². The molecule has 1 saturated heterocycles. The number of rotatable bonds is 4. The fraction of sp³-hybridized carbons (Fsp3) is 0.412. The quantitative estimate of drug-likeness (QED) is 0.870. The highest BCUT2D eigenvalue weighted by atomic mass is 16.5. The number of hydrogen-bond donors (Lipinski definition) is 0. The number of aryl methyl sites for hydroxylation is 1. The Kier molecular flexibility index (Phi) is 4.24. The molecule has 22 heavy (non-hydrogen) atoms. The van der Waals surface area contributed by atoms with Gasteiger partial charge < -0.3 is 14.1 Å². The van der Waals surface area contributed by atoms with E-state index >= 15 is 0 Å². The van der Waals surface area contributed by atoms with Gasteiger partial charge in [0.05, 0.1) is 18.4 Å². The lowest BCUT2D eigenvalue weighted by atomic mass is 9.93. The second kappa shape index (κ2) is 6.32. The number of pyridine rings is 1. The van der Waals surface area contributed by atoms with Gasteiger partial charge in [-0.1, -0.05) is 6.07 Å². The van der Waals surface area contributed by atoms with E-state index in [1.807, 2.05) is 30.0 Å². The highest BCUT2D eigenvalue weighted by molar-refractivity contribution is 5.95. The fourth-order valence-corrected chi connectivity index (χ4v) is 3.13. The molecular formula is C17H20N2O3. The van der Waals surface area contributed by atoms with E-state index in [1.165, 1.54) is 0 Å². The minimum absolute atomic E-state index is 0.0192. The molecule has 3 rings (SSSR count). The van der Waals surface area contributed by atoms with Gasteiger partial charge in [0.25, 0.3) is 5.91 Å². The van der Waals surface area contributed by atoms with Gasteiger partial charge in [-0.25, -0.2) is 0 Å². The van der Waals surface area contributed by atoms with Gasteiger partial charge in [-0.15, -0.1) is 0 Å². The van der Waals surface area contributed by atoms with Crippen molar-refractivity contribution in [3.63, 3.8) is 0 Å². The molecule has 0 unspecified atom stereocenters. The highest BCUT2D eigenvalue weighted by Gasteiger charge is 2.37. The largest absolute Gasteiger partial charge is 0.469 e. The summed E-state index contributed by atoms with van der Waals surface area (Å²) in [6.45, 7) is 3.77. The van der Waals surface area contributed by atoms with Crippen LogP contribution in [0.2, 0.25) is 0 Å². The van der Waals surface area contributed by atoms with Crippen molar-refractivity contribution < 1.29 is 13.9 Å². The van der Waals surface area contributed by atoms with Gasteiger partial charge in [-0.3, -0.25) is 9.78 Å². The molecule has 1 amide bonds. The highest BCUT2D eigenvalue weighted by Crippen LogP contribution is 2.32. The SMILES string of the molecule is COC[C@@H]1CN(C(=O)c2ccoc2C)C[C@H]1c1ccccn1. The predicted octanol–water partition coefficient (Wildman–Crippen LogP) is 2.49. The number of carbonyl (C=O) groups excluding carboxylic acids is 1. The molecule has 2 aromatic heterocycles. The van der Waals surface area contributed by atoms with Crippen molar-refractivity contribution in [2.45, 2.75) is 12.8 Å². The second-order valence-corrected chi connectivity index (χ2v) is 5.68. The number of carbonyl (C=O) groups is 1. The van der Waals surface area contributed by atoms with Gasteiger partial charge in [-0.05, 0) is 25.1 Å². The van der Waals surface area contributed by atoms with Gasteiger partial charge >= 0.3 is 0 Å². The Balaban J connectivity index is 1.81. The molecule has 116 valence electrons. The minimum Gasteiger partial charge on any atom is -0.469 e. The van der Waals surface area contributed by atoms with Crippen LogP contribution in [0.5, 0.6) is 0 Å². The van der Waals surface area contributed by atoms with Crippen molar-refractivity contribution in [2.24, 2.45) is 5.92 Å². The number of likely N-dealkylation sites (tertiary alicyclic amines) is 1. The van der Waals surface area contributed by atoms with Crippen LogP contribution in [0.1, 0.15) is 27.7 Å². The summed E-state index contributed by atoms with van der Waals surface area (Å²) in [7, 11) is 1.69. The first-order chi connectivity index (χ1) is 10.7. The van der Waals surface area contributed by atoms with Crippen LogP contribution in [0.15, 0.2) is 41.1 Å². The van der Waals surface area contributed by atoms with Crippen molar-refractivity contribution in [1.82, 2.24) is 9.88 Å². The first-order valence-corrected chi connectivity index (χ1v) is 7.44. The summed E-state index contributed by atoms with van der Waals surface area (Å²) in [6, 6.07) is 7.64. The first kappa shape index (κ1) is 14.8. The zero-order chi connectivity index (χ0) is 15.5. The molecule has 0 saturated carbocycles. The van der Waals surface area contributed by atoms with Crippen LogP contribution in [-0.2, 0) is 4.74 Å². The second-order valence-electron chi connectivity index (χ2n) is 5.68. The zero-order valence-corrected chi connectivity index (χ0v) is 12.9. The molecule has 5 nitrogen and oxygen atoms in total. The Morgan fingerprint density at radius 1 is 1.41 bits per heavy atom. The van der Waals surface area contributed by atoms with Crippen LogP contribution in [0.3, 0.4) is 0 Å². The van der Waals surface area contributed by atoms with E-state index in [9.17, 15) is 4.79 Å². The lowest BCUT2D eigenvalue weighted by Crippen LogP contribution is -2.29. The van der Waals surface area contributed by atoms with Crippen LogP contribution in [-0.4, -0.2) is 42.6 Å². The van der Waals surface area contributed by atoms with Crippen molar-refractivity contribution >= 4 is 5.91 Å². The molecule has 0 aromatic carbocycles. The maximum absolute atomic E-state index is 12.7. The van der Waals surface area contributed by atoms with E-state index in [4.69, 9.17) is 9.15 Å². The Bertz CT molecular complexity index is 638. The third kappa shape index (κ3) is 2.76. The molecule has 0 radical (unpaired) electrons. The number of furan rings is 1. The van der Waals surface area contributed by atoms with Crippen LogP contribution in [0, 0.1) is 12.8 Å². The molecular weight excluding hydrogens is 280 g/mol. The molecule has 0 aliphatic carbocycles. The van der Waals surface area contributed by atoms with Gasteiger partial charge in [-0.2, -0.15) is 0 Å². The number of aromatic nitrogens is 1. The molecule has 2 atom stereocenters. The molecule has 5 heteroatoms. The first-order valence-electron chi connectivity index (χ1n) is 7.44. The Hall–Kier alpha value is -2.14. The van der Waals surface area contributed by atoms with E-state index in [0.717, 1.165) is 5.69 Å². The van der Waals surface area contributed by atoms with Gasteiger partial charge in [0.1, 0.15) is 5.76 Å². The van der Waals surface area contributed by atoms with Gasteiger partial charge in [0.15, 0.2) is 0 Å². The molecule has 0 N–H and O–H groups in total. The van der Waals surface area contributed by atoms with Crippen molar-refractivity contribution in [1.29, 1.82) is 0 Å². The Morgan fingerprint density at radius 3 is 2.91 bits per heavy atom. The lowest BCUT2D eigenvalue weighted by molar-refractivity contribution is 0.0773. The van der Waals surface area contributed by atoms with E-state index in [-0.39, 0.29) is 17.7 Å². The zero-order valence-electron chi connectivity index (χ0n) is 12.9. The van der Waals surface area contributed by atoms with Gasteiger partial charge in [0, 0.05) is 43.9 Å². The molecule has 0 bridgehead atoms. The Labute approximate surface area is 129 Å².